The van der Waals surface area contributed by atoms with Gasteiger partial charge in [0.25, 0.3) is 0 Å². The molecule has 2 aromatic rings. The smallest absolute Gasteiger partial charge is 0.341 e. The number of pyridine rings is 1. The van der Waals surface area contributed by atoms with Crippen LogP contribution < -0.4 is 0 Å². The maximum atomic E-state index is 11.8. The number of aryl methyl sites for hydroxylation is 1. The first kappa shape index (κ1) is 12.4. The first-order valence-electron chi connectivity index (χ1n) is 6.34. The third-order valence-corrected chi connectivity index (χ3v) is 3.61. The molecule has 1 aliphatic carbocycles. The van der Waals surface area contributed by atoms with Crippen LogP contribution in [0.25, 0.3) is 11.0 Å². The minimum absolute atomic E-state index is 0.300. The Labute approximate surface area is 115 Å². The van der Waals surface area contributed by atoms with Crippen LogP contribution in [0.1, 0.15) is 41.9 Å². The summed E-state index contributed by atoms with van der Waals surface area (Å²) in [5.74, 6) is -0.444. The van der Waals surface area contributed by atoms with Gasteiger partial charge in [0.05, 0.1) is 34.3 Å². The van der Waals surface area contributed by atoms with E-state index in [2.05, 4.69) is 10.1 Å². The second-order valence-electron chi connectivity index (χ2n) is 4.67. The summed E-state index contributed by atoms with van der Waals surface area (Å²) in [5, 5.41) is 5.61. The molecule has 0 radical (unpaired) electrons. The van der Waals surface area contributed by atoms with Crippen LogP contribution in [0.5, 0.6) is 0 Å². The molecule has 1 fully saturated rings. The lowest BCUT2D eigenvalue weighted by atomic mass is 10.2. The summed E-state index contributed by atoms with van der Waals surface area (Å²) in [6, 6.07) is 0.424. The molecular weight excluding hydrogens is 266 g/mol. The summed E-state index contributed by atoms with van der Waals surface area (Å²) < 4.78 is 6.88. The zero-order valence-electron chi connectivity index (χ0n) is 10.8. The Hall–Kier alpha value is -1.62. The van der Waals surface area contributed by atoms with Crippen LogP contribution in [0.4, 0.5) is 0 Å². The number of halogens is 1. The summed E-state index contributed by atoms with van der Waals surface area (Å²) in [6.45, 7) is 3.95. The number of carbonyl (C=O) groups is 1. The van der Waals surface area contributed by atoms with Crippen molar-refractivity contribution < 1.29 is 9.53 Å². The Bertz CT molecular complexity index is 661. The van der Waals surface area contributed by atoms with Gasteiger partial charge >= 0.3 is 5.97 Å². The summed E-state index contributed by atoms with van der Waals surface area (Å²) in [7, 11) is 0. The molecule has 0 aromatic carbocycles. The number of rotatable bonds is 3. The number of hydrogen-bond donors (Lipinski definition) is 0. The maximum absolute atomic E-state index is 11.8. The van der Waals surface area contributed by atoms with Crippen molar-refractivity contribution in [3.05, 3.63) is 22.5 Å². The van der Waals surface area contributed by atoms with Crippen LogP contribution >= 0.6 is 11.6 Å². The van der Waals surface area contributed by atoms with Crippen molar-refractivity contribution in [1.82, 2.24) is 14.8 Å². The molecule has 0 aliphatic heterocycles. The van der Waals surface area contributed by atoms with Crippen LogP contribution in [0.2, 0.25) is 5.02 Å². The SMILES string of the molecule is CCOC(=O)c1cnc2c(c(C)nn2C2CC2)c1Cl. The molecule has 3 rings (SSSR count). The zero-order valence-corrected chi connectivity index (χ0v) is 11.6. The lowest BCUT2D eigenvalue weighted by Crippen LogP contribution is -2.06. The highest BCUT2D eigenvalue weighted by Crippen LogP contribution is 2.38. The average Bonchev–Trinajstić information content (AvgIpc) is 3.15. The van der Waals surface area contributed by atoms with E-state index in [1.54, 1.807) is 6.92 Å². The molecule has 5 nitrogen and oxygen atoms in total. The van der Waals surface area contributed by atoms with Crippen molar-refractivity contribution in [1.29, 1.82) is 0 Å². The number of esters is 1. The number of ether oxygens (including phenoxy) is 1. The van der Waals surface area contributed by atoms with Gasteiger partial charge in [-0.05, 0) is 26.7 Å². The summed E-state index contributed by atoms with van der Waals surface area (Å²) in [5.41, 5.74) is 1.85. The number of aromatic nitrogens is 3. The summed E-state index contributed by atoms with van der Waals surface area (Å²) in [4.78, 5) is 16.1. The molecule has 100 valence electrons. The molecule has 0 spiro atoms. The van der Waals surface area contributed by atoms with Gasteiger partial charge in [0.1, 0.15) is 0 Å². The third-order valence-electron chi connectivity index (χ3n) is 3.22. The quantitative estimate of drug-likeness (QED) is 0.811. The van der Waals surface area contributed by atoms with Crippen LogP contribution in [0, 0.1) is 6.92 Å². The highest BCUT2D eigenvalue weighted by molar-refractivity contribution is 6.38. The first-order valence-corrected chi connectivity index (χ1v) is 6.71. The number of fused-ring (bicyclic) bond motifs is 1. The molecule has 0 unspecified atom stereocenters. The predicted molar refractivity (Wildman–Crippen MR) is 71.5 cm³/mol. The molecule has 6 heteroatoms. The van der Waals surface area contributed by atoms with E-state index in [0.29, 0.717) is 23.2 Å². The van der Waals surface area contributed by atoms with Crippen LogP contribution in [0.3, 0.4) is 0 Å². The number of carbonyl (C=O) groups excluding carboxylic acids is 1. The fourth-order valence-corrected chi connectivity index (χ4v) is 2.51. The largest absolute Gasteiger partial charge is 0.462 e. The van der Waals surface area contributed by atoms with Crippen molar-refractivity contribution in [2.45, 2.75) is 32.7 Å². The van der Waals surface area contributed by atoms with Gasteiger partial charge in [0.2, 0.25) is 0 Å². The highest BCUT2D eigenvalue weighted by atomic mass is 35.5. The molecule has 2 aromatic heterocycles. The van der Waals surface area contributed by atoms with E-state index in [4.69, 9.17) is 16.3 Å². The van der Waals surface area contributed by atoms with E-state index in [0.717, 1.165) is 29.6 Å². The standard InChI is InChI=1S/C13H14ClN3O2/c1-3-19-13(18)9-6-15-12-10(11(9)14)7(2)16-17(12)8-4-5-8/h6,8H,3-5H2,1-2H3. The number of nitrogens with zero attached hydrogens (tertiary/aromatic N) is 3. The predicted octanol–water partition coefficient (Wildman–Crippen LogP) is 2.90. The molecule has 0 amide bonds. The molecular formula is C13H14ClN3O2. The van der Waals surface area contributed by atoms with Gasteiger partial charge < -0.3 is 4.74 Å². The lowest BCUT2D eigenvalue weighted by molar-refractivity contribution is 0.0526. The van der Waals surface area contributed by atoms with Crippen molar-refractivity contribution >= 4 is 28.6 Å². The summed E-state index contributed by atoms with van der Waals surface area (Å²) in [6.07, 6.45) is 3.72. The van der Waals surface area contributed by atoms with Gasteiger partial charge in [0, 0.05) is 6.20 Å². The minimum atomic E-state index is -0.444. The normalized spacial score (nSPS) is 14.9. The highest BCUT2D eigenvalue weighted by Gasteiger charge is 2.29. The molecule has 1 saturated carbocycles. The third kappa shape index (κ3) is 1.98. The van der Waals surface area contributed by atoms with E-state index in [1.807, 2.05) is 11.6 Å². The van der Waals surface area contributed by atoms with Gasteiger partial charge in [-0.3, -0.25) is 0 Å². The van der Waals surface area contributed by atoms with E-state index in [1.165, 1.54) is 6.20 Å². The van der Waals surface area contributed by atoms with Gasteiger partial charge in [-0.25, -0.2) is 14.5 Å². The zero-order chi connectivity index (χ0) is 13.6. The van der Waals surface area contributed by atoms with Crippen molar-refractivity contribution in [2.24, 2.45) is 0 Å². The Kier molecular flexibility index (Phi) is 2.93. The van der Waals surface area contributed by atoms with E-state index >= 15 is 0 Å². The van der Waals surface area contributed by atoms with Crippen molar-refractivity contribution in [3.63, 3.8) is 0 Å². The summed E-state index contributed by atoms with van der Waals surface area (Å²) >= 11 is 6.32. The second-order valence-corrected chi connectivity index (χ2v) is 5.04. The second kappa shape index (κ2) is 4.49. The lowest BCUT2D eigenvalue weighted by Gasteiger charge is -2.05. The van der Waals surface area contributed by atoms with E-state index in [9.17, 15) is 4.79 Å². The van der Waals surface area contributed by atoms with Gasteiger partial charge in [0.15, 0.2) is 5.65 Å². The fourth-order valence-electron chi connectivity index (χ4n) is 2.16. The first-order chi connectivity index (χ1) is 9.13. The molecule has 0 N–H and O–H groups in total. The van der Waals surface area contributed by atoms with Crippen molar-refractivity contribution in [3.8, 4) is 0 Å². The fraction of sp³-hybridized carbons (Fsp3) is 0.462. The van der Waals surface area contributed by atoms with Crippen LogP contribution in [0.15, 0.2) is 6.20 Å². The van der Waals surface area contributed by atoms with Crippen LogP contribution in [-0.4, -0.2) is 27.3 Å². The van der Waals surface area contributed by atoms with Gasteiger partial charge in [-0.1, -0.05) is 11.6 Å². The Balaban J connectivity index is 2.16. The van der Waals surface area contributed by atoms with Gasteiger partial charge in [-0.15, -0.1) is 0 Å². The Morgan fingerprint density at radius 2 is 2.32 bits per heavy atom. The molecule has 0 bridgehead atoms. The minimum Gasteiger partial charge on any atom is -0.462 e. The Morgan fingerprint density at radius 3 is 2.95 bits per heavy atom. The van der Waals surface area contributed by atoms with Crippen LogP contribution in [-0.2, 0) is 4.74 Å². The van der Waals surface area contributed by atoms with E-state index in [-0.39, 0.29) is 0 Å². The average molecular weight is 280 g/mol. The molecule has 0 saturated heterocycles. The van der Waals surface area contributed by atoms with Gasteiger partial charge in [-0.2, -0.15) is 5.10 Å². The van der Waals surface area contributed by atoms with E-state index < -0.39 is 5.97 Å². The number of hydrogen-bond acceptors (Lipinski definition) is 4. The Morgan fingerprint density at radius 1 is 1.58 bits per heavy atom. The molecule has 2 heterocycles. The topological polar surface area (TPSA) is 57.0 Å². The molecule has 19 heavy (non-hydrogen) atoms. The monoisotopic (exact) mass is 279 g/mol. The molecule has 1 aliphatic rings. The maximum Gasteiger partial charge on any atom is 0.341 e. The molecule has 0 atom stereocenters. The van der Waals surface area contributed by atoms with Crippen molar-refractivity contribution in [2.75, 3.05) is 6.61 Å².